The molecule has 0 rings (SSSR count). The Morgan fingerprint density at radius 2 is 1.93 bits per heavy atom. The van der Waals surface area contributed by atoms with Gasteiger partial charge in [-0.3, -0.25) is 4.79 Å². The lowest BCUT2D eigenvalue weighted by Gasteiger charge is -2.18. The lowest BCUT2D eigenvalue weighted by atomic mass is 10.4. The van der Waals surface area contributed by atoms with E-state index in [0.717, 1.165) is 11.8 Å². The molecule has 15 heavy (non-hydrogen) atoms. The van der Waals surface area contributed by atoms with Crippen LogP contribution < -0.4 is 11.6 Å². The lowest BCUT2D eigenvalue weighted by Crippen LogP contribution is -2.33. The minimum Gasteiger partial charge on any atom is -0.377 e. The molecule has 6 heteroatoms. The van der Waals surface area contributed by atoms with Crippen molar-refractivity contribution in [2.45, 2.75) is 0 Å². The smallest absolute Gasteiger partial charge is 0.233 e. The molecular formula is C9H16N4OS. The normalized spacial score (nSPS) is 10.8. The first kappa shape index (κ1) is 13.6. The molecule has 0 spiro atoms. The second-order valence-corrected chi connectivity index (χ2v) is 3.63. The summed E-state index contributed by atoms with van der Waals surface area (Å²) >= 11 is 1.11. The number of hydrogen-bond acceptors (Lipinski definition) is 4. The van der Waals surface area contributed by atoms with Gasteiger partial charge in [-0.15, -0.1) is 13.2 Å². The quantitative estimate of drug-likeness (QED) is 0.222. The van der Waals surface area contributed by atoms with E-state index in [1.165, 1.54) is 0 Å². The summed E-state index contributed by atoms with van der Waals surface area (Å²) in [5.41, 5.74) is 5.35. The summed E-state index contributed by atoms with van der Waals surface area (Å²) in [6.07, 6.45) is 3.32. The van der Waals surface area contributed by atoms with Crippen LogP contribution in [0.5, 0.6) is 0 Å². The molecule has 84 valence electrons. The van der Waals surface area contributed by atoms with Gasteiger partial charge in [0, 0.05) is 13.1 Å². The van der Waals surface area contributed by atoms with E-state index in [1.807, 2.05) is 0 Å². The van der Waals surface area contributed by atoms with Gasteiger partial charge in [0.15, 0.2) is 5.17 Å². The molecule has 0 unspecified atom stereocenters. The maximum absolute atomic E-state index is 11.6. The van der Waals surface area contributed by atoms with Gasteiger partial charge in [0.25, 0.3) is 0 Å². The Hall–Kier alpha value is -1.43. The Labute approximate surface area is 93.9 Å². The van der Waals surface area contributed by atoms with Crippen LogP contribution in [-0.2, 0) is 4.79 Å². The highest BCUT2D eigenvalue weighted by Crippen LogP contribution is 2.02. The fourth-order valence-electron chi connectivity index (χ4n) is 0.854. The van der Waals surface area contributed by atoms with Crippen molar-refractivity contribution in [2.75, 3.05) is 18.8 Å². The largest absolute Gasteiger partial charge is 0.377 e. The topological polar surface area (TPSA) is 84.7 Å². The summed E-state index contributed by atoms with van der Waals surface area (Å²) in [5, 5.41) is 3.45. The van der Waals surface area contributed by atoms with Crippen LogP contribution >= 0.6 is 11.8 Å². The zero-order chi connectivity index (χ0) is 11.7. The number of carbonyl (C=O) groups is 1. The second kappa shape index (κ2) is 7.93. The maximum atomic E-state index is 11.6. The maximum Gasteiger partial charge on any atom is 0.233 e. The molecule has 0 fully saturated rings. The number of carbonyl (C=O) groups excluding carboxylic acids is 1. The van der Waals surface area contributed by atoms with Crippen LogP contribution in [0.25, 0.3) is 0 Å². The van der Waals surface area contributed by atoms with Crippen molar-refractivity contribution in [3.8, 4) is 0 Å². The van der Waals surface area contributed by atoms with E-state index in [9.17, 15) is 4.79 Å². The van der Waals surface area contributed by atoms with E-state index in [-0.39, 0.29) is 16.8 Å². The Bertz CT molecular complexity index is 255. The van der Waals surface area contributed by atoms with Crippen molar-refractivity contribution in [1.82, 2.24) is 4.90 Å². The third-order valence-electron chi connectivity index (χ3n) is 1.52. The zero-order valence-electron chi connectivity index (χ0n) is 8.56. The SMILES string of the molecule is C=CCN(CC=C)C(=O)CSC(N)=NN. The first-order chi connectivity index (χ1) is 7.15. The van der Waals surface area contributed by atoms with E-state index < -0.39 is 0 Å². The van der Waals surface area contributed by atoms with Crippen molar-refractivity contribution < 1.29 is 4.79 Å². The highest BCUT2D eigenvalue weighted by Gasteiger charge is 2.11. The third kappa shape index (κ3) is 5.79. The van der Waals surface area contributed by atoms with Crippen LogP contribution in [0.2, 0.25) is 0 Å². The van der Waals surface area contributed by atoms with Gasteiger partial charge in [0.1, 0.15) is 0 Å². The summed E-state index contributed by atoms with van der Waals surface area (Å²) in [6, 6.07) is 0. The number of nitrogens with zero attached hydrogens (tertiary/aromatic N) is 2. The average Bonchev–Trinajstić information content (AvgIpc) is 2.25. The van der Waals surface area contributed by atoms with Crippen molar-refractivity contribution in [3.63, 3.8) is 0 Å². The molecule has 0 aliphatic carbocycles. The van der Waals surface area contributed by atoms with Crippen LogP contribution in [0.3, 0.4) is 0 Å². The average molecular weight is 228 g/mol. The van der Waals surface area contributed by atoms with E-state index in [0.29, 0.717) is 13.1 Å². The Balaban J connectivity index is 4.12. The molecule has 0 aromatic heterocycles. The number of nitrogens with two attached hydrogens (primary N) is 2. The molecular weight excluding hydrogens is 212 g/mol. The minimum absolute atomic E-state index is 0.0496. The van der Waals surface area contributed by atoms with E-state index in [4.69, 9.17) is 11.6 Å². The predicted molar refractivity (Wildman–Crippen MR) is 65.2 cm³/mol. The summed E-state index contributed by atoms with van der Waals surface area (Å²) < 4.78 is 0. The van der Waals surface area contributed by atoms with Crippen molar-refractivity contribution in [1.29, 1.82) is 0 Å². The summed E-state index contributed by atoms with van der Waals surface area (Å²) in [5.74, 6) is 5.10. The molecule has 0 aromatic carbocycles. The molecule has 4 N–H and O–H groups in total. The summed E-state index contributed by atoms with van der Waals surface area (Å²) in [4.78, 5) is 13.2. The first-order valence-corrected chi connectivity index (χ1v) is 5.30. The Morgan fingerprint density at radius 1 is 1.40 bits per heavy atom. The van der Waals surface area contributed by atoms with Gasteiger partial charge in [0.2, 0.25) is 5.91 Å². The highest BCUT2D eigenvalue weighted by atomic mass is 32.2. The Kier molecular flexibility index (Phi) is 7.17. The number of amidine groups is 1. The zero-order valence-corrected chi connectivity index (χ0v) is 9.37. The molecule has 5 nitrogen and oxygen atoms in total. The predicted octanol–water partition coefficient (Wildman–Crippen LogP) is 0.109. The molecule has 0 aliphatic heterocycles. The fraction of sp³-hybridized carbons (Fsp3) is 0.333. The summed E-state index contributed by atoms with van der Waals surface area (Å²) in [6.45, 7) is 8.13. The number of amides is 1. The number of hydrazone groups is 1. The van der Waals surface area contributed by atoms with Crippen LogP contribution in [0.1, 0.15) is 0 Å². The minimum atomic E-state index is -0.0496. The molecule has 0 atom stereocenters. The fourth-order valence-corrected chi connectivity index (χ4v) is 1.38. The van der Waals surface area contributed by atoms with Gasteiger partial charge >= 0.3 is 0 Å². The van der Waals surface area contributed by atoms with Crippen LogP contribution in [-0.4, -0.2) is 34.8 Å². The van der Waals surface area contributed by atoms with Gasteiger partial charge in [0.05, 0.1) is 5.75 Å². The van der Waals surface area contributed by atoms with Crippen molar-refractivity contribution in [2.24, 2.45) is 16.7 Å². The van der Waals surface area contributed by atoms with E-state index in [2.05, 4.69) is 18.3 Å². The number of hydrogen-bond donors (Lipinski definition) is 2. The highest BCUT2D eigenvalue weighted by molar-refractivity contribution is 8.14. The van der Waals surface area contributed by atoms with Crippen LogP contribution in [0.4, 0.5) is 0 Å². The number of thioether (sulfide) groups is 1. The molecule has 0 heterocycles. The van der Waals surface area contributed by atoms with Gasteiger partial charge in [-0.2, -0.15) is 5.10 Å². The van der Waals surface area contributed by atoms with Crippen molar-refractivity contribution >= 4 is 22.8 Å². The molecule has 1 amide bonds. The molecule has 0 aliphatic rings. The monoisotopic (exact) mass is 228 g/mol. The standard InChI is InChI=1S/C9H16N4OS/c1-3-5-13(6-4-2)8(14)7-15-9(10)12-11/h3-4H,1-2,5-7,11H2,(H2,10,12). The number of rotatable bonds is 6. The van der Waals surface area contributed by atoms with Crippen LogP contribution in [0, 0.1) is 0 Å². The first-order valence-electron chi connectivity index (χ1n) is 4.31. The lowest BCUT2D eigenvalue weighted by molar-refractivity contribution is -0.127. The molecule has 0 saturated heterocycles. The Morgan fingerprint density at radius 3 is 2.33 bits per heavy atom. The molecule has 0 aromatic rings. The molecule has 0 bridgehead atoms. The molecule has 0 radical (unpaired) electrons. The van der Waals surface area contributed by atoms with Gasteiger partial charge in [-0.25, -0.2) is 0 Å². The van der Waals surface area contributed by atoms with E-state index >= 15 is 0 Å². The van der Waals surface area contributed by atoms with Crippen molar-refractivity contribution in [3.05, 3.63) is 25.3 Å². The van der Waals surface area contributed by atoms with Crippen LogP contribution in [0.15, 0.2) is 30.4 Å². The van der Waals surface area contributed by atoms with Gasteiger partial charge in [-0.05, 0) is 0 Å². The molecule has 0 saturated carbocycles. The van der Waals surface area contributed by atoms with Gasteiger partial charge < -0.3 is 16.5 Å². The van der Waals surface area contributed by atoms with Gasteiger partial charge in [-0.1, -0.05) is 23.9 Å². The third-order valence-corrected chi connectivity index (χ3v) is 2.31. The summed E-state index contributed by atoms with van der Waals surface area (Å²) in [7, 11) is 0. The second-order valence-electron chi connectivity index (χ2n) is 2.63. The van der Waals surface area contributed by atoms with E-state index in [1.54, 1.807) is 17.1 Å².